The lowest BCUT2D eigenvalue weighted by molar-refractivity contribution is -0.458. The van der Waals surface area contributed by atoms with Crippen LogP contribution in [0.1, 0.15) is 38.3 Å². The van der Waals surface area contributed by atoms with Crippen molar-refractivity contribution in [3.8, 4) is 0 Å². The third-order valence-corrected chi connectivity index (χ3v) is 9.91. The number of ether oxygens (including phenoxy) is 1. The number of amides is 2. The molecule has 0 spiro atoms. The number of carbonyl (C=O) groups is 2. The van der Waals surface area contributed by atoms with Crippen LogP contribution >= 0.6 is 0 Å². The predicted molar refractivity (Wildman–Crippen MR) is 171 cm³/mol. The Morgan fingerprint density at radius 1 is 0.627 bits per heavy atom. The van der Waals surface area contributed by atoms with Gasteiger partial charge in [-0.25, -0.2) is 18.0 Å². The van der Waals surface area contributed by atoms with Crippen molar-refractivity contribution in [2.75, 3.05) is 30.3 Å². The fourth-order valence-electron chi connectivity index (χ4n) is 4.29. The SMILES string of the molecule is CCC(C)=NOC(=O)Nc1ccc(Cc2ccc(NC(=O)OCCN(CC)S(=O)(=O)C(F)(F)C(F)(F)C(F)(F)C(F)(F)C(F)(F)C(F)(F)C(F)(F)C(F)(F)F)cc2)cc1. The van der Waals surface area contributed by atoms with Gasteiger partial charge in [0, 0.05) is 24.5 Å². The van der Waals surface area contributed by atoms with Crippen molar-refractivity contribution in [2.45, 2.75) is 80.6 Å². The first-order valence-corrected chi connectivity index (χ1v) is 17.4. The standard InChI is InChI=1S/C31H29F17N4O6S/c1-4-17(3)51-58-23(54)50-21-12-8-19(9-13-21)16-18-6-10-20(11-7-18)49-22(53)57-15-14-52(5-2)59(55,56)31(47,48)29(42,43)27(38,39)25(34,35)24(32,33)26(36,37)28(40,41)30(44,45)46/h6-13H,4-5,14-16H2,1-3H3,(H,49,53)(H,50,54). The lowest BCUT2D eigenvalue weighted by atomic mass is 9.91. The van der Waals surface area contributed by atoms with Gasteiger partial charge in [0.05, 0.1) is 5.71 Å². The van der Waals surface area contributed by atoms with Crippen molar-refractivity contribution in [1.29, 1.82) is 0 Å². The van der Waals surface area contributed by atoms with Crippen LogP contribution in [0.3, 0.4) is 0 Å². The van der Waals surface area contributed by atoms with E-state index in [1.54, 1.807) is 38.1 Å². The summed E-state index contributed by atoms with van der Waals surface area (Å²) in [6.45, 7) is -0.659. The van der Waals surface area contributed by atoms with Crippen LogP contribution in [0.25, 0.3) is 0 Å². The molecule has 0 aromatic heterocycles. The Morgan fingerprint density at radius 2 is 1.02 bits per heavy atom. The van der Waals surface area contributed by atoms with Crippen LogP contribution in [0.15, 0.2) is 53.7 Å². The predicted octanol–water partition coefficient (Wildman–Crippen LogP) is 9.78. The first-order valence-electron chi connectivity index (χ1n) is 15.9. The van der Waals surface area contributed by atoms with E-state index in [1.807, 2.05) is 0 Å². The van der Waals surface area contributed by atoms with E-state index in [0.717, 1.165) is 5.56 Å². The molecule has 0 atom stereocenters. The topological polar surface area (TPSA) is 126 Å². The van der Waals surface area contributed by atoms with E-state index in [9.17, 15) is 92.6 Å². The zero-order valence-electron chi connectivity index (χ0n) is 29.8. The van der Waals surface area contributed by atoms with E-state index < -0.39 is 93.2 Å². The summed E-state index contributed by atoms with van der Waals surface area (Å²) in [6, 6.07) is 11.9. The monoisotopic (exact) mass is 908 g/mol. The molecular weight excluding hydrogens is 879 g/mol. The highest BCUT2D eigenvalue weighted by atomic mass is 32.2. The molecule has 0 unspecified atom stereocenters. The summed E-state index contributed by atoms with van der Waals surface area (Å²) in [5.41, 5.74) is 2.27. The molecule has 10 nitrogen and oxygen atoms in total. The number of oxime groups is 1. The summed E-state index contributed by atoms with van der Waals surface area (Å²) < 4.78 is 260. The molecule has 2 rings (SSSR count). The van der Waals surface area contributed by atoms with Gasteiger partial charge in [0.15, 0.2) is 0 Å². The van der Waals surface area contributed by atoms with Gasteiger partial charge in [-0.3, -0.25) is 15.5 Å². The summed E-state index contributed by atoms with van der Waals surface area (Å²) in [5, 5.41) is 0.371. The van der Waals surface area contributed by atoms with E-state index in [1.165, 1.54) is 24.3 Å². The molecule has 0 saturated carbocycles. The minimum Gasteiger partial charge on any atom is -0.448 e. The fraction of sp³-hybridized carbons (Fsp3) is 0.516. The van der Waals surface area contributed by atoms with Gasteiger partial charge in [-0.1, -0.05) is 43.3 Å². The van der Waals surface area contributed by atoms with Crippen molar-refractivity contribution >= 4 is 39.3 Å². The van der Waals surface area contributed by atoms with Crippen molar-refractivity contribution in [3.05, 3.63) is 59.7 Å². The highest BCUT2D eigenvalue weighted by Crippen LogP contribution is 2.64. The second-order valence-electron chi connectivity index (χ2n) is 12.0. The molecular formula is C31H29F17N4O6S. The molecule has 0 aliphatic rings. The van der Waals surface area contributed by atoms with E-state index in [-0.39, 0.29) is 5.69 Å². The summed E-state index contributed by atoms with van der Waals surface area (Å²) in [5.74, 6) is -52.3. The maximum absolute atomic E-state index is 14.6. The third kappa shape index (κ3) is 9.72. The fourth-order valence-corrected chi connectivity index (χ4v) is 5.72. The number of carbonyl (C=O) groups excluding carboxylic acids is 2. The highest BCUT2D eigenvalue weighted by molar-refractivity contribution is 7.90. The van der Waals surface area contributed by atoms with Crippen LogP contribution in [0.4, 0.5) is 95.6 Å². The summed E-state index contributed by atoms with van der Waals surface area (Å²) in [7, 11) is -7.55. The van der Waals surface area contributed by atoms with Crippen molar-refractivity contribution in [1.82, 2.24) is 4.31 Å². The molecule has 0 fully saturated rings. The van der Waals surface area contributed by atoms with Gasteiger partial charge in [0.25, 0.3) is 10.0 Å². The maximum Gasteiger partial charge on any atom is 0.460 e. The second kappa shape index (κ2) is 17.5. The molecule has 334 valence electrons. The van der Waals surface area contributed by atoms with Crippen LogP contribution in [-0.2, 0) is 26.0 Å². The van der Waals surface area contributed by atoms with Gasteiger partial charge >= 0.3 is 59.2 Å². The molecule has 2 aromatic carbocycles. The lowest BCUT2D eigenvalue weighted by Crippen LogP contribution is -2.75. The zero-order valence-corrected chi connectivity index (χ0v) is 30.6. The Bertz CT molecular complexity index is 1930. The van der Waals surface area contributed by atoms with Crippen LogP contribution in [0, 0.1) is 0 Å². The molecule has 2 N–H and O–H groups in total. The first kappa shape index (κ1) is 50.5. The van der Waals surface area contributed by atoms with Gasteiger partial charge < -0.3 is 4.74 Å². The second-order valence-corrected chi connectivity index (χ2v) is 14.0. The Morgan fingerprint density at radius 3 is 1.41 bits per heavy atom. The largest absolute Gasteiger partial charge is 0.460 e. The summed E-state index contributed by atoms with van der Waals surface area (Å²) in [4.78, 5) is 28.6. The van der Waals surface area contributed by atoms with E-state index in [2.05, 4.69) is 25.4 Å². The van der Waals surface area contributed by atoms with E-state index in [0.29, 0.717) is 36.7 Å². The minimum absolute atomic E-state index is 0.0394. The molecule has 0 saturated heterocycles. The number of halogens is 17. The number of nitrogens with zero attached hydrogens (tertiary/aromatic N) is 2. The van der Waals surface area contributed by atoms with Gasteiger partial charge in [-0.15, -0.1) is 0 Å². The van der Waals surface area contributed by atoms with E-state index in [4.69, 9.17) is 0 Å². The normalized spacial score (nSPS) is 14.3. The van der Waals surface area contributed by atoms with Crippen LogP contribution in [0.5, 0.6) is 0 Å². The molecule has 0 aliphatic heterocycles. The summed E-state index contributed by atoms with van der Waals surface area (Å²) in [6.07, 6.45) is -9.43. The number of anilines is 2. The van der Waals surface area contributed by atoms with Gasteiger partial charge in [0.2, 0.25) is 0 Å². The van der Waals surface area contributed by atoms with E-state index >= 15 is 0 Å². The smallest absolute Gasteiger partial charge is 0.448 e. The van der Waals surface area contributed by atoms with Crippen LogP contribution in [0.2, 0.25) is 0 Å². The quantitative estimate of drug-likeness (QED) is 0.0664. The minimum atomic E-state index is -8.96. The molecule has 28 heteroatoms. The highest BCUT2D eigenvalue weighted by Gasteiger charge is 2.96. The number of alkyl halides is 17. The number of hydrogen-bond acceptors (Lipinski definition) is 7. The molecule has 2 amide bonds. The van der Waals surface area contributed by atoms with Gasteiger partial charge in [0.1, 0.15) is 6.61 Å². The summed E-state index contributed by atoms with van der Waals surface area (Å²) >= 11 is 0. The molecule has 2 aromatic rings. The van der Waals surface area contributed by atoms with Gasteiger partial charge in [-0.2, -0.15) is 78.9 Å². The van der Waals surface area contributed by atoms with Crippen LogP contribution in [-0.4, -0.2) is 97.3 Å². The molecule has 0 radical (unpaired) electrons. The Kier molecular flexibility index (Phi) is 15.0. The zero-order chi connectivity index (χ0) is 45.8. The third-order valence-electron chi connectivity index (χ3n) is 7.89. The number of likely N-dealkylation sites (N-methyl/N-ethyl adjacent to an activating group) is 1. The number of sulfonamides is 1. The maximum atomic E-state index is 14.6. The number of hydrogen-bond donors (Lipinski definition) is 2. The molecule has 59 heavy (non-hydrogen) atoms. The Hall–Kier alpha value is -4.63. The number of benzene rings is 2. The molecule has 0 heterocycles. The Labute approximate surface area is 321 Å². The van der Waals surface area contributed by atoms with Crippen molar-refractivity contribution < 1.29 is 102 Å². The lowest BCUT2D eigenvalue weighted by Gasteiger charge is -2.43. The average Bonchev–Trinajstić information content (AvgIpc) is 3.12. The van der Waals surface area contributed by atoms with Gasteiger partial charge in [-0.05, 0) is 55.2 Å². The molecule has 0 bridgehead atoms. The first-order chi connectivity index (χ1) is 26.6. The molecule has 0 aliphatic carbocycles. The number of nitrogens with one attached hydrogen (secondary N) is 2. The van der Waals surface area contributed by atoms with Crippen molar-refractivity contribution in [2.24, 2.45) is 5.16 Å². The average molecular weight is 909 g/mol. The van der Waals surface area contributed by atoms with Crippen molar-refractivity contribution in [3.63, 3.8) is 0 Å². The Balaban J connectivity index is 2.12. The van der Waals surface area contributed by atoms with Crippen LogP contribution < -0.4 is 10.6 Å². The number of rotatable bonds is 18.